The number of rotatable bonds is 4. The molecule has 6 heteroatoms. The number of amidine groups is 1. The van der Waals surface area contributed by atoms with Crippen molar-refractivity contribution in [2.75, 3.05) is 13.2 Å². The lowest BCUT2D eigenvalue weighted by Crippen LogP contribution is -2.17. The highest BCUT2D eigenvalue weighted by molar-refractivity contribution is 5.92. The first kappa shape index (κ1) is 14.2. The fourth-order valence-electron chi connectivity index (χ4n) is 3.25. The van der Waals surface area contributed by atoms with Gasteiger partial charge in [0.05, 0.1) is 5.56 Å². The van der Waals surface area contributed by atoms with Crippen LogP contribution in [0.4, 0.5) is 0 Å². The van der Waals surface area contributed by atoms with Gasteiger partial charge in [0, 0.05) is 37.1 Å². The largest absolute Gasteiger partial charge is 0.489 e. The number of ether oxygens (including phenoxy) is 1. The molecule has 2 aliphatic heterocycles. The van der Waals surface area contributed by atoms with Gasteiger partial charge in [-0.1, -0.05) is 0 Å². The number of nitrogens with one attached hydrogen (secondary N) is 1. The van der Waals surface area contributed by atoms with Crippen LogP contribution < -0.4 is 10.1 Å². The summed E-state index contributed by atoms with van der Waals surface area (Å²) in [6.07, 6.45) is 6.54. The van der Waals surface area contributed by atoms with Gasteiger partial charge in [0.1, 0.15) is 23.7 Å². The monoisotopic (exact) mass is 332 g/mol. The van der Waals surface area contributed by atoms with Crippen molar-refractivity contribution < 1.29 is 9.15 Å². The SMILES string of the molecule is C1=C(COc2ccc3oc(-c4cccnc4)nc3c2)C2CCN=C2N1. The van der Waals surface area contributed by atoms with Crippen molar-refractivity contribution in [3.8, 4) is 17.2 Å². The topological polar surface area (TPSA) is 72.5 Å². The zero-order valence-electron chi connectivity index (χ0n) is 13.5. The van der Waals surface area contributed by atoms with E-state index in [1.54, 1.807) is 12.4 Å². The highest BCUT2D eigenvalue weighted by Gasteiger charge is 2.29. The minimum absolute atomic E-state index is 0.396. The Kier molecular flexibility index (Phi) is 3.26. The van der Waals surface area contributed by atoms with Gasteiger partial charge in [-0.2, -0.15) is 0 Å². The van der Waals surface area contributed by atoms with Gasteiger partial charge in [-0.15, -0.1) is 0 Å². The maximum absolute atomic E-state index is 5.96. The van der Waals surface area contributed by atoms with Crippen LogP contribution in [-0.4, -0.2) is 29.0 Å². The van der Waals surface area contributed by atoms with Crippen LogP contribution in [0.5, 0.6) is 5.75 Å². The summed E-state index contributed by atoms with van der Waals surface area (Å²) in [6.45, 7) is 1.45. The summed E-state index contributed by atoms with van der Waals surface area (Å²) < 4.78 is 11.8. The summed E-state index contributed by atoms with van der Waals surface area (Å²) in [7, 11) is 0. The van der Waals surface area contributed by atoms with Gasteiger partial charge in [-0.3, -0.25) is 9.98 Å². The van der Waals surface area contributed by atoms with Crippen LogP contribution in [0.2, 0.25) is 0 Å². The van der Waals surface area contributed by atoms with E-state index in [9.17, 15) is 0 Å². The number of aliphatic imine (C=N–C) groups is 1. The Morgan fingerprint density at radius 3 is 3.20 bits per heavy atom. The van der Waals surface area contributed by atoms with E-state index in [0.717, 1.165) is 41.2 Å². The van der Waals surface area contributed by atoms with Gasteiger partial charge in [0.25, 0.3) is 0 Å². The molecule has 0 spiro atoms. The molecule has 25 heavy (non-hydrogen) atoms. The number of pyridine rings is 1. The van der Waals surface area contributed by atoms with Crippen LogP contribution in [0, 0.1) is 5.92 Å². The zero-order valence-corrected chi connectivity index (χ0v) is 13.5. The van der Waals surface area contributed by atoms with Crippen molar-refractivity contribution >= 4 is 16.9 Å². The quantitative estimate of drug-likeness (QED) is 0.794. The molecular weight excluding hydrogens is 316 g/mol. The Morgan fingerprint density at radius 1 is 1.28 bits per heavy atom. The van der Waals surface area contributed by atoms with Crippen LogP contribution in [0.25, 0.3) is 22.6 Å². The summed E-state index contributed by atoms with van der Waals surface area (Å²) in [5.41, 5.74) is 3.61. The first-order valence-corrected chi connectivity index (χ1v) is 8.30. The molecule has 5 rings (SSSR count). The van der Waals surface area contributed by atoms with Crippen LogP contribution >= 0.6 is 0 Å². The highest BCUT2D eigenvalue weighted by atomic mass is 16.5. The van der Waals surface area contributed by atoms with Crippen LogP contribution in [0.15, 0.2) is 63.9 Å². The minimum atomic E-state index is 0.396. The highest BCUT2D eigenvalue weighted by Crippen LogP contribution is 2.29. The van der Waals surface area contributed by atoms with E-state index >= 15 is 0 Å². The number of hydrogen-bond donors (Lipinski definition) is 1. The third kappa shape index (κ3) is 2.55. The fourth-order valence-corrected chi connectivity index (χ4v) is 3.25. The Balaban J connectivity index is 1.35. The van der Waals surface area contributed by atoms with E-state index in [1.807, 2.05) is 36.5 Å². The second-order valence-electron chi connectivity index (χ2n) is 6.15. The average molecular weight is 332 g/mol. The summed E-state index contributed by atoms with van der Waals surface area (Å²) in [6, 6.07) is 9.50. The van der Waals surface area contributed by atoms with Crippen molar-refractivity contribution in [3.63, 3.8) is 0 Å². The molecule has 2 aromatic heterocycles. The molecule has 0 saturated carbocycles. The second kappa shape index (κ2) is 5.73. The zero-order chi connectivity index (χ0) is 16.6. The molecule has 0 bridgehead atoms. The number of oxazole rings is 1. The average Bonchev–Trinajstić information content (AvgIpc) is 3.36. The molecule has 0 radical (unpaired) electrons. The summed E-state index contributed by atoms with van der Waals surface area (Å²) in [5.74, 6) is 2.82. The number of hydrogen-bond acceptors (Lipinski definition) is 6. The smallest absolute Gasteiger partial charge is 0.228 e. The number of benzene rings is 1. The van der Waals surface area contributed by atoms with Crippen molar-refractivity contribution in [3.05, 3.63) is 54.5 Å². The molecule has 0 fully saturated rings. The predicted molar refractivity (Wildman–Crippen MR) is 94.4 cm³/mol. The van der Waals surface area contributed by atoms with E-state index in [4.69, 9.17) is 9.15 Å². The van der Waals surface area contributed by atoms with E-state index < -0.39 is 0 Å². The van der Waals surface area contributed by atoms with Crippen molar-refractivity contribution in [1.82, 2.24) is 15.3 Å². The number of nitrogens with zero attached hydrogens (tertiary/aromatic N) is 3. The lowest BCUT2D eigenvalue weighted by atomic mass is 10.0. The van der Waals surface area contributed by atoms with Gasteiger partial charge < -0.3 is 14.5 Å². The lowest BCUT2D eigenvalue weighted by molar-refractivity contribution is 0.343. The van der Waals surface area contributed by atoms with E-state index in [1.165, 1.54) is 5.57 Å². The molecular formula is C19H16N4O2. The van der Waals surface area contributed by atoms with Gasteiger partial charge in [-0.05, 0) is 36.3 Å². The normalized spacial score (nSPS) is 18.6. The summed E-state index contributed by atoms with van der Waals surface area (Å²) in [4.78, 5) is 13.1. The van der Waals surface area contributed by atoms with Gasteiger partial charge in [-0.25, -0.2) is 4.98 Å². The van der Waals surface area contributed by atoms with E-state index in [-0.39, 0.29) is 0 Å². The van der Waals surface area contributed by atoms with Crippen LogP contribution in [0.1, 0.15) is 6.42 Å². The first-order valence-electron chi connectivity index (χ1n) is 8.30. The first-order chi connectivity index (χ1) is 12.4. The maximum Gasteiger partial charge on any atom is 0.228 e. The second-order valence-corrected chi connectivity index (χ2v) is 6.15. The number of aromatic nitrogens is 2. The Labute approximate surface area is 144 Å². The fraction of sp³-hybridized carbons (Fsp3) is 0.211. The van der Waals surface area contributed by atoms with E-state index in [2.05, 4.69) is 20.3 Å². The number of fused-ring (bicyclic) bond motifs is 2. The molecule has 1 unspecified atom stereocenters. The standard InChI is InChI=1S/C19H16N4O2/c1-2-12(9-20-6-1)19-23-16-8-14(3-4-17(16)25-19)24-11-13-10-22-18-15(13)5-7-21-18/h1-4,6,8-10,15H,5,7,11H2,(H,21,22). The molecule has 0 amide bonds. The van der Waals surface area contributed by atoms with Crippen molar-refractivity contribution in [1.29, 1.82) is 0 Å². The van der Waals surface area contributed by atoms with Crippen LogP contribution in [-0.2, 0) is 0 Å². The van der Waals surface area contributed by atoms with Gasteiger partial charge in [0.15, 0.2) is 5.58 Å². The molecule has 1 aromatic carbocycles. The van der Waals surface area contributed by atoms with E-state index in [0.29, 0.717) is 18.4 Å². The maximum atomic E-state index is 5.96. The molecule has 3 aromatic rings. The molecule has 2 aliphatic rings. The molecule has 0 aliphatic carbocycles. The lowest BCUT2D eigenvalue weighted by Gasteiger charge is -2.10. The molecule has 1 N–H and O–H groups in total. The Morgan fingerprint density at radius 2 is 2.28 bits per heavy atom. The van der Waals surface area contributed by atoms with Crippen LogP contribution in [0.3, 0.4) is 0 Å². The molecule has 6 nitrogen and oxygen atoms in total. The third-order valence-electron chi connectivity index (χ3n) is 4.56. The van der Waals surface area contributed by atoms with Gasteiger partial charge in [0.2, 0.25) is 5.89 Å². The molecule has 124 valence electrons. The Hall–Kier alpha value is -3.15. The van der Waals surface area contributed by atoms with Crippen molar-refractivity contribution in [2.45, 2.75) is 6.42 Å². The Bertz CT molecular complexity index is 991. The minimum Gasteiger partial charge on any atom is -0.489 e. The predicted octanol–water partition coefficient (Wildman–Crippen LogP) is 3.17. The van der Waals surface area contributed by atoms with Crippen molar-refractivity contribution in [2.24, 2.45) is 10.9 Å². The van der Waals surface area contributed by atoms with Gasteiger partial charge >= 0.3 is 0 Å². The molecule has 1 atom stereocenters. The summed E-state index contributed by atoms with van der Waals surface area (Å²) in [5, 5.41) is 3.23. The summed E-state index contributed by atoms with van der Waals surface area (Å²) >= 11 is 0. The molecule has 0 saturated heterocycles. The molecule has 4 heterocycles. The third-order valence-corrected chi connectivity index (χ3v) is 4.56.